The van der Waals surface area contributed by atoms with Crippen molar-refractivity contribution in [1.82, 2.24) is 20.4 Å². The molecule has 0 radical (unpaired) electrons. The zero-order chi connectivity index (χ0) is 19.1. The zero-order valence-corrected chi connectivity index (χ0v) is 19.8. The Bertz CT molecular complexity index is 505. The first-order valence-corrected chi connectivity index (χ1v) is 10.7. The number of halogens is 1. The molecule has 1 saturated carbocycles. The van der Waals surface area contributed by atoms with Crippen molar-refractivity contribution in [1.29, 1.82) is 0 Å². The minimum atomic E-state index is 0. The van der Waals surface area contributed by atoms with Gasteiger partial charge in [-0.05, 0) is 38.0 Å². The van der Waals surface area contributed by atoms with Gasteiger partial charge >= 0.3 is 0 Å². The molecule has 3 rings (SSSR count). The number of amides is 1. The Kier molecular flexibility index (Phi) is 10.3. The molecule has 3 aliphatic rings. The summed E-state index contributed by atoms with van der Waals surface area (Å²) in [4.78, 5) is 20.6. The highest BCUT2D eigenvalue weighted by Crippen LogP contribution is 2.26. The number of nitrogens with zero attached hydrogens (tertiary/aromatic N) is 3. The second-order valence-corrected chi connectivity index (χ2v) is 8.51. The lowest BCUT2D eigenvalue weighted by Crippen LogP contribution is -2.47. The predicted molar refractivity (Wildman–Crippen MR) is 123 cm³/mol. The Morgan fingerprint density at radius 3 is 2.64 bits per heavy atom. The van der Waals surface area contributed by atoms with Crippen LogP contribution >= 0.6 is 24.0 Å². The quantitative estimate of drug-likeness (QED) is 0.312. The smallest absolute Gasteiger partial charge is 0.243 e. The Hall–Kier alpha value is -0.610. The van der Waals surface area contributed by atoms with E-state index in [0.29, 0.717) is 6.04 Å². The topological polar surface area (TPSA) is 69.2 Å². The van der Waals surface area contributed by atoms with Crippen LogP contribution in [0.1, 0.15) is 44.9 Å². The van der Waals surface area contributed by atoms with E-state index in [2.05, 4.69) is 20.5 Å². The fourth-order valence-corrected chi connectivity index (χ4v) is 4.32. The average Bonchev–Trinajstić information content (AvgIpc) is 3.40. The van der Waals surface area contributed by atoms with E-state index in [4.69, 9.17) is 4.74 Å². The van der Waals surface area contributed by atoms with E-state index in [1.807, 2.05) is 0 Å². The number of carbonyl (C=O) groups excluding carboxylic acids is 1. The second kappa shape index (κ2) is 12.2. The Balaban J connectivity index is 0.00000280. The number of ether oxygens (including phenoxy) is 1. The molecule has 0 aromatic rings. The van der Waals surface area contributed by atoms with Crippen molar-refractivity contribution < 1.29 is 9.53 Å². The fraction of sp³-hybridized carbons (Fsp3) is 0.900. The van der Waals surface area contributed by atoms with Crippen molar-refractivity contribution in [2.45, 2.75) is 57.1 Å². The molecular weight excluding hydrogens is 469 g/mol. The summed E-state index contributed by atoms with van der Waals surface area (Å²) in [5, 5.41) is 6.96. The number of carbonyl (C=O) groups is 1. The third-order valence-corrected chi connectivity index (χ3v) is 6.00. The van der Waals surface area contributed by atoms with Crippen molar-refractivity contribution in [3.8, 4) is 0 Å². The number of hydrogen-bond donors (Lipinski definition) is 2. The van der Waals surface area contributed by atoms with Gasteiger partial charge in [-0.2, -0.15) is 0 Å². The van der Waals surface area contributed by atoms with E-state index in [1.165, 1.54) is 32.2 Å². The van der Waals surface area contributed by atoms with Crippen molar-refractivity contribution in [2.75, 3.05) is 53.4 Å². The Morgan fingerprint density at radius 1 is 1.18 bits per heavy atom. The van der Waals surface area contributed by atoms with E-state index in [9.17, 15) is 4.79 Å². The molecule has 7 nitrogen and oxygen atoms in total. The van der Waals surface area contributed by atoms with E-state index in [1.54, 1.807) is 19.0 Å². The molecule has 0 bridgehead atoms. The molecule has 2 saturated heterocycles. The van der Waals surface area contributed by atoms with Crippen LogP contribution < -0.4 is 10.6 Å². The molecule has 1 amide bonds. The van der Waals surface area contributed by atoms with E-state index in [-0.39, 0.29) is 42.5 Å². The monoisotopic (exact) mass is 507 g/mol. The molecule has 0 spiro atoms. The maximum absolute atomic E-state index is 11.9. The summed E-state index contributed by atoms with van der Waals surface area (Å²) >= 11 is 0. The van der Waals surface area contributed by atoms with Crippen molar-refractivity contribution >= 4 is 35.8 Å². The molecule has 28 heavy (non-hydrogen) atoms. The highest BCUT2D eigenvalue weighted by Gasteiger charge is 2.27. The van der Waals surface area contributed by atoms with Gasteiger partial charge in [0.2, 0.25) is 5.91 Å². The van der Waals surface area contributed by atoms with Gasteiger partial charge in [0, 0.05) is 52.9 Å². The molecule has 0 aromatic heterocycles. The van der Waals surface area contributed by atoms with E-state index in [0.717, 1.165) is 57.4 Å². The van der Waals surface area contributed by atoms with E-state index < -0.39 is 0 Å². The first-order valence-electron chi connectivity index (χ1n) is 10.7. The lowest BCUT2D eigenvalue weighted by Gasteiger charge is -2.22. The van der Waals surface area contributed by atoms with Gasteiger partial charge in [-0.15, -0.1) is 24.0 Å². The minimum Gasteiger partial charge on any atom is -0.376 e. The molecule has 8 heteroatoms. The molecule has 1 aliphatic carbocycles. The van der Waals surface area contributed by atoms with Crippen LogP contribution in [0.2, 0.25) is 0 Å². The summed E-state index contributed by atoms with van der Waals surface area (Å²) in [7, 11) is 3.53. The summed E-state index contributed by atoms with van der Waals surface area (Å²) in [6.45, 7) is 5.24. The number of guanidine groups is 1. The number of aliphatic imine (C=N–C) groups is 1. The van der Waals surface area contributed by atoms with Crippen LogP contribution in [0.15, 0.2) is 4.99 Å². The normalized spacial score (nSPS) is 26.3. The van der Waals surface area contributed by atoms with Crippen LogP contribution in [0, 0.1) is 5.92 Å². The van der Waals surface area contributed by atoms with E-state index >= 15 is 0 Å². The van der Waals surface area contributed by atoms with Gasteiger partial charge in [0.25, 0.3) is 0 Å². The minimum absolute atomic E-state index is 0. The lowest BCUT2D eigenvalue weighted by atomic mass is 10.1. The van der Waals surface area contributed by atoms with Crippen LogP contribution in [-0.2, 0) is 9.53 Å². The summed E-state index contributed by atoms with van der Waals surface area (Å²) in [6, 6.07) is 0.400. The van der Waals surface area contributed by atoms with Crippen LogP contribution in [0.3, 0.4) is 0 Å². The summed E-state index contributed by atoms with van der Waals surface area (Å²) in [5.74, 6) is 1.66. The molecule has 3 fully saturated rings. The largest absolute Gasteiger partial charge is 0.376 e. The number of hydrogen-bond acceptors (Lipinski definition) is 4. The summed E-state index contributed by atoms with van der Waals surface area (Å²) in [5.41, 5.74) is 0. The summed E-state index contributed by atoms with van der Waals surface area (Å²) in [6.07, 6.45) is 9.22. The van der Waals surface area contributed by atoms with Crippen molar-refractivity contribution in [2.24, 2.45) is 10.9 Å². The van der Waals surface area contributed by atoms with Crippen LogP contribution in [0.4, 0.5) is 0 Å². The fourth-order valence-electron chi connectivity index (χ4n) is 4.32. The number of likely N-dealkylation sites (tertiary alicyclic amines) is 1. The molecule has 2 heterocycles. The summed E-state index contributed by atoms with van der Waals surface area (Å²) < 4.78 is 5.70. The first-order chi connectivity index (χ1) is 13.1. The molecule has 2 N–H and O–H groups in total. The molecule has 2 aliphatic heterocycles. The van der Waals surface area contributed by atoms with Crippen LogP contribution in [0.5, 0.6) is 0 Å². The SMILES string of the molecule is CN(C)C(=O)CN=C(NCC1CCCO1)NC1CCN(CC2CCCC2)C1.I. The molecule has 0 aromatic carbocycles. The molecule has 162 valence electrons. The number of likely N-dealkylation sites (N-methyl/N-ethyl adjacent to an activating group) is 1. The Labute approximate surface area is 187 Å². The van der Waals surface area contributed by atoms with Gasteiger partial charge in [-0.3, -0.25) is 4.79 Å². The second-order valence-electron chi connectivity index (χ2n) is 8.51. The van der Waals surface area contributed by atoms with Crippen molar-refractivity contribution in [3.63, 3.8) is 0 Å². The highest BCUT2D eigenvalue weighted by atomic mass is 127. The maximum atomic E-state index is 11.9. The van der Waals surface area contributed by atoms with Gasteiger partial charge in [0.1, 0.15) is 6.54 Å². The molecular formula is C20H38IN5O2. The third-order valence-electron chi connectivity index (χ3n) is 6.00. The first kappa shape index (κ1) is 23.7. The van der Waals surface area contributed by atoms with Crippen LogP contribution in [0.25, 0.3) is 0 Å². The predicted octanol–water partition coefficient (Wildman–Crippen LogP) is 1.67. The average molecular weight is 507 g/mol. The lowest BCUT2D eigenvalue weighted by molar-refractivity contribution is -0.127. The molecule has 2 atom stereocenters. The number of rotatable bonds is 7. The van der Waals surface area contributed by atoms with Crippen molar-refractivity contribution in [3.05, 3.63) is 0 Å². The zero-order valence-electron chi connectivity index (χ0n) is 17.5. The molecule has 2 unspecified atom stereocenters. The Morgan fingerprint density at radius 2 is 1.96 bits per heavy atom. The van der Waals surface area contributed by atoms with Gasteiger partial charge in [0.05, 0.1) is 6.10 Å². The van der Waals surface area contributed by atoms with Gasteiger partial charge in [0.15, 0.2) is 5.96 Å². The van der Waals surface area contributed by atoms with Gasteiger partial charge in [-0.1, -0.05) is 12.8 Å². The van der Waals surface area contributed by atoms with Crippen LogP contribution in [-0.4, -0.2) is 87.2 Å². The standard InChI is InChI=1S/C20H37N5O2.HI/c1-24(2)19(26)13-22-20(21-12-18-8-5-11-27-18)23-17-9-10-25(15-17)14-16-6-3-4-7-16;/h16-18H,3-15H2,1-2H3,(H2,21,22,23);1H. The highest BCUT2D eigenvalue weighted by molar-refractivity contribution is 14.0. The number of nitrogens with one attached hydrogen (secondary N) is 2. The van der Waals surface area contributed by atoms with Gasteiger partial charge in [-0.25, -0.2) is 4.99 Å². The third kappa shape index (κ3) is 7.67. The van der Waals surface area contributed by atoms with Gasteiger partial charge < -0.3 is 25.2 Å². The maximum Gasteiger partial charge on any atom is 0.243 e.